The number of para-hydroxylation sites is 2. The lowest BCUT2D eigenvalue weighted by Gasteiger charge is -2.34. The van der Waals surface area contributed by atoms with Crippen LogP contribution >= 0.6 is 0 Å². The van der Waals surface area contributed by atoms with Crippen LogP contribution in [0.5, 0.6) is 0 Å². The lowest BCUT2D eigenvalue weighted by Crippen LogP contribution is -2.59. The van der Waals surface area contributed by atoms with Gasteiger partial charge in [0.15, 0.2) is 0 Å². The number of carboxylic acids is 4. The van der Waals surface area contributed by atoms with Crippen molar-refractivity contribution in [1.29, 1.82) is 0 Å². The van der Waals surface area contributed by atoms with E-state index in [9.17, 15) is 126 Å². The first-order valence-corrected chi connectivity index (χ1v) is 34.8. The lowest BCUT2D eigenvalue weighted by molar-refractivity contribution is -0.140. The molecule has 26 N–H and O–H groups in total. The van der Waals surface area contributed by atoms with Gasteiger partial charge < -0.3 is 118 Å². The van der Waals surface area contributed by atoms with Crippen LogP contribution in [0.25, 0.3) is 11.0 Å². The quantitative estimate of drug-likeness (QED) is 0.0184. The first-order chi connectivity index (χ1) is 49.3. The standard InChI is InChI=1S/C65H110N14O25/c1-74(31-50-70-41-8-4-5-9-42(41)71-50)64(103)38-10-11-40-39(26-38)30-79(65(104)45(69-40)27-54(89)90)17-7-3-2-6-16-66-62(101)43(12-14-51(86)67-28-46(82)58(97)60(99)48(84)36-80)73-63(102)44(13-15-52(87)68-29-47(83)59(98)61(100)49(85)37-81)72-53(88)32-75-18-20-76(33-55(91)92)22-24-78(35-57(95)96)25-23-77(21-19-75)34-56(93)94/h4-5,8-11,26,43-49,51,58-67,69,73,80-86,97-104H,2-3,6-7,12-25,27-37H2,1H3,(H,68,87)(H,70,71)(H,72,88)(H,89,90)(H,91,92)(H,93,94)(H,95,96)/t43-,44-,45-,46+,47-,48-,49+,51+,58+,59+,60+,61+,62+,63+,64+,65+/m0/s1. The number of fused-ring (bicyclic) bond motifs is 2. The van der Waals surface area contributed by atoms with Gasteiger partial charge in [0.2, 0.25) is 11.8 Å². The number of aromatic amines is 1. The molecule has 0 aliphatic carbocycles. The fourth-order valence-electron chi connectivity index (χ4n) is 12.2. The predicted octanol–water partition coefficient (Wildman–Crippen LogP) is -8.76. The summed E-state index contributed by atoms with van der Waals surface area (Å²) in [5.74, 6) is -5.67. The maximum absolute atomic E-state index is 14.3. The molecule has 0 bridgehead atoms. The van der Waals surface area contributed by atoms with E-state index < -0.39 is 206 Å². The Kier molecular flexibility index (Phi) is 38.4. The highest BCUT2D eigenvalue weighted by atomic mass is 16.4. The summed E-state index contributed by atoms with van der Waals surface area (Å²) in [6.45, 7) is -3.70. The molecule has 0 spiro atoms. The summed E-state index contributed by atoms with van der Waals surface area (Å²) in [6, 6.07) is 9.16. The molecule has 590 valence electrons. The molecule has 2 aliphatic rings. The normalized spacial score (nSPS) is 20.7. The summed E-state index contributed by atoms with van der Waals surface area (Å²) in [4.78, 5) is 93.0. The highest BCUT2D eigenvalue weighted by molar-refractivity contribution is 5.79. The van der Waals surface area contributed by atoms with Crippen LogP contribution in [0.2, 0.25) is 0 Å². The van der Waals surface area contributed by atoms with Gasteiger partial charge >= 0.3 is 23.9 Å². The van der Waals surface area contributed by atoms with Gasteiger partial charge in [-0.05, 0) is 81.1 Å². The Balaban J connectivity index is 1.32. The van der Waals surface area contributed by atoms with E-state index in [1.807, 2.05) is 24.3 Å². The molecule has 2 aromatic carbocycles. The van der Waals surface area contributed by atoms with E-state index in [4.69, 9.17) is 0 Å². The number of rotatable bonds is 46. The Morgan fingerprint density at radius 3 is 1.68 bits per heavy atom. The third-order valence-electron chi connectivity index (χ3n) is 18.3. The number of unbranched alkanes of at least 4 members (excludes halogenated alkanes) is 3. The van der Waals surface area contributed by atoms with Crippen LogP contribution in [-0.2, 0) is 41.9 Å². The zero-order valence-electron chi connectivity index (χ0n) is 58.4. The molecular weight excluding hydrogens is 1380 g/mol. The van der Waals surface area contributed by atoms with Gasteiger partial charge in [0.1, 0.15) is 73.6 Å². The average Bonchev–Trinajstić information content (AvgIpc) is 1.62. The van der Waals surface area contributed by atoms with Crippen molar-refractivity contribution in [2.24, 2.45) is 0 Å². The molecule has 1 aromatic heterocycles. The molecule has 0 saturated carbocycles. The van der Waals surface area contributed by atoms with Crippen molar-refractivity contribution in [1.82, 2.24) is 66.0 Å². The summed E-state index contributed by atoms with van der Waals surface area (Å²) in [6.07, 6.45) is -22.5. The minimum atomic E-state index is -2.04. The zero-order chi connectivity index (χ0) is 76.7. The van der Waals surface area contributed by atoms with E-state index in [2.05, 4.69) is 41.9 Å². The SMILES string of the molecule is CN(Cc1nc2ccccc2[nH]1)[C@H](O)c1ccc2c(c1)CN(CCCCCCN[C@H](O)[C@H](CC[C@@H](O)NC[C@@H](O)[C@@H](O)[C@H](O)[C@@H](O)CO)N[C@H](O)[C@H](CCC(=O)NC[C@H](O)[C@@H](O)[C@H](O)[C@H](O)CO)NC(=O)CN1CCN(CC(=O)O)CCN(CC(=O)O)CCN(CC(=O)O)CC1)[C@H](O)[C@H](CC(=O)O)N2. The second-order valence-corrected chi connectivity index (χ2v) is 26.6. The number of amides is 2. The van der Waals surface area contributed by atoms with Crippen molar-refractivity contribution >= 4 is 52.4 Å². The van der Waals surface area contributed by atoms with E-state index in [0.717, 1.165) is 11.0 Å². The van der Waals surface area contributed by atoms with Crippen LogP contribution in [0, 0.1) is 0 Å². The van der Waals surface area contributed by atoms with Crippen molar-refractivity contribution < 1.29 is 126 Å². The number of carbonyl (C=O) groups excluding carboxylic acids is 2. The highest BCUT2D eigenvalue weighted by Crippen LogP contribution is 2.31. The van der Waals surface area contributed by atoms with E-state index in [0.29, 0.717) is 54.9 Å². The summed E-state index contributed by atoms with van der Waals surface area (Å²) >= 11 is 0. The van der Waals surface area contributed by atoms with Crippen LogP contribution in [0.3, 0.4) is 0 Å². The van der Waals surface area contributed by atoms with Crippen LogP contribution in [-0.4, -0.2) is 389 Å². The first-order valence-electron chi connectivity index (χ1n) is 34.8. The van der Waals surface area contributed by atoms with Gasteiger partial charge in [-0.2, -0.15) is 0 Å². The number of carboxylic acid groups (broad SMARTS) is 4. The van der Waals surface area contributed by atoms with Crippen LogP contribution in [0.1, 0.15) is 81.0 Å². The number of hydrogen-bond donors (Lipinski definition) is 26. The molecule has 1 saturated heterocycles. The predicted molar refractivity (Wildman–Crippen MR) is 369 cm³/mol. The lowest BCUT2D eigenvalue weighted by atomic mass is 10.0. The van der Waals surface area contributed by atoms with E-state index in [1.165, 1.54) is 9.80 Å². The molecule has 16 atom stereocenters. The molecular formula is C65H110N14O25. The number of carbonyl (C=O) groups is 6. The van der Waals surface area contributed by atoms with Gasteiger partial charge in [-0.3, -0.25) is 74.1 Å². The van der Waals surface area contributed by atoms with Gasteiger partial charge in [-0.25, -0.2) is 4.98 Å². The van der Waals surface area contributed by atoms with E-state index in [-0.39, 0.29) is 84.8 Å². The number of nitrogens with zero attached hydrogens (tertiary/aromatic N) is 7. The first kappa shape index (κ1) is 88.2. The smallest absolute Gasteiger partial charge is 0.317 e. The number of nitrogens with one attached hydrogen (secondary N) is 7. The molecule has 104 heavy (non-hydrogen) atoms. The Hall–Kier alpha value is -6.43. The molecule has 5 rings (SSSR count). The van der Waals surface area contributed by atoms with Gasteiger partial charge in [-0.15, -0.1) is 0 Å². The highest BCUT2D eigenvalue weighted by Gasteiger charge is 2.36. The summed E-state index contributed by atoms with van der Waals surface area (Å²) < 4.78 is 0. The largest absolute Gasteiger partial charge is 0.481 e. The Labute approximate surface area is 600 Å². The van der Waals surface area contributed by atoms with Gasteiger partial charge in [0.25, 0.3) is 0 Å². The Morgan fingerprint density at radius 2 is 1.13 bits per heavy atom. The number of H-pyrrole nitrogens is 1. The number of imidazole rings is 1. The molecule has 3 aromatic rings. The number of aromatic nitrogens is 2. The number of anilines is 1. The van der Waals surface area contributed by atoms with Crippen molar-refractivity contribution in [3.8, 4) is 0 Å². The van der Waals surface area contributed by atoms with Crippen molar-refractivity contribution in [3.63, 3.8) is 0 Å². The topological polar surface area (TPSA) is 607 Å². The summed E-state index contributed by atoms with van der Waals surface area (Å²) in [5, 5.41) is 214. The van der Waals surface area contributed by atoms with Crippen LogP contribution in [0.15, 0.2) is 42.5 Å². The Bertz CT molecular complexity index is 3020. The van der Waals surface area contributed by atoms with Crippen molar-refractivity contribution in [2.75, 3.05) is 130 Å². The summed E-state index contributed by atoms with van der Waals surface area (Å²) in [5.41, 5.74) is 3.45. The number of aliphatic hydroxyl groups is 15. The molecule has 3 heterocycles. The summed E-state index contributed by atoms with van der Waals surface area (Å²) in [7, 11) is 1.74. The fraction of sp³-hybridized carbons (Fsp3) is 0.708. The third kappa shape index (κ3) is 30.4. The third-order valence-corrected chi connectivity index (χ3v) is 18.3. The van der Waals surface area contributed by atoms with Crippen molar-refractivity contribution in [2.45, 2.75) is 169 Å². The second kappa shape index (κ2) is 45.3. The van der Waals surface area contributed by atoms with Crippen molar-refractivity contribution in [3.05, 3.63) is 59.4 Å². The van der Waals surface area contributed by atoms with Gasteiger partial charge in [0.05, 0.1) is 87.7 Å². The minimum Gasteiger partial charge on any atom is -0.481 e. The monoisotopic (exact) mass is 1490 g/mol. The van der Waals surface area contributed by atoms with Crippen LogP contribution in [0.4, 0.5) is 5.69 Å². The minimum absolute atomic E-state index is 0.00638. The molecule has 0 radical (unpaired) electrons. The maximum Gasteiger partial charge on any atom is 0.317 e. The van der Waals surface area contributed by atoms with Crippen LogP contribution < -0.4 is 31.9 Å². The fourth-order valence-corrected chi connectivity index (χ4v) is 12.2. The molecule has 2 aliphatic heterocycles. The van der Waals surface area contributed by atoms with E-state index >= 15 is 0 Å². The molecule has 39 heteroatoms. The van der Waals surface area contributed by atoms with E-state index in [1.54, 1.807) is 44.8 Å². The Morgan fingerprint density at radius 1 is 0.596 bits per heavy atom. The maximum atomic E-state index is 14.3. The zero-order valence-corrected chi connectivity index (χ0v) is 58.4. The molecule has 1 fully saturated rings. The van der Waals surface area contributed by atoms with Gasteiger partial charge in [-0.1, -0.05) is 31.0 Å². The number of hydrogen-bond acceptors (Lipinski definition) is 32. The molecule has 39 nitrogen and oxygen atoms in total. The average molecular weight is 1490 g/mol. The number of benzene rings is 2. The second-order valence-electron chi connectivity index (χ2n) is 26.6. The molecule has 2 amide bonds. The van der Waals surface area contributed by atoms with Gasteiger partial charge in [0, 0.05) is 96.7 Å². The number of aliphatic carboxylic acids is 4. The number of aliphatic hydroxyl groups excluding tert-OH is 15. The molecule has 0 unspecified atom stereocenters.